The molecule has 3 rings (SSSR count). The van der Waals surface area contributed by atoms with Crippen LogP contribution in [-0.4, -0.2) is 6.10 Å². The van der Waals surface area contributed by atoms with Crippen molar-refractivity contribution in [2.24, 2.45) is 11.3 Å². The van der Waals surface area contributed by atoms with E-state index in [2.05, 4.69) is 38.1 Å². The minimum atomic E-state index is 0.458. The lowest BCUT2D eigenvalue weighted by Gasteiger charge is -2.55. The number of hydrogen-bond donors (Lipinski definition) is 0. The smallest absolute Gasteiger partial charge is 0.119 e. The Hall–Kier alpha value is -0.980. The number of rotatable bonds is 4. The minimum Gasteiger partial charge on any atom is -0.490 e. The van der Waals surface area contributed by atoms with Crippen molar-refractivity contribution in [1.82, 2.24) is 0 Å². The van der Waals surface area contributed by atoms with Crippen molar-refractivity contribution in [2.75, 3.05) is 0 Å². The maximum absolute atomic E-state index is 6.39. The number of benzene rings is 1. The van der Waals surface area contributed by atoms with Crippen molar-refractivity contribution < 1.29 is 4.74 Å². The summed E-state index contributed by atoms with van der Waals surface area (Å²) in [4.78, 5) is 0. The maximum atomic E-state index is 6.39. The standard InChI is InChI=1S/C19H28O/c1-3-7-16-8-10-17(11-9-16)20-18-15(2)14-19(18)12-5-4-6-13-19/h8-11,15,18H,3-7,12-14H2,1-2H3/t15-,18-/m1/s1. The van der Waals surface area contributed by atoms with Crippen LogP contribution in [0.25, 0.3) is 0 Å². The Balaban J connectivity index is 1.66. The van der Waals surface area contributed by atoms with Crippen LogP contribution in [-0.2, 0) is 6.42 Å². The fraction of sp³-hybridized carbons (Fsp3) is 0.684. The first-order valence-electron chi connectivity index (χ1n) is 8.49. The first-order chi connectivity index (χ1) is 9.73. The molecule has 20 heavy (non-hydrogen) atoms. The molecule has 2 aliphatic carbocycles. The SMILES string of the molecule is CCCc1ccc(O[C@@H]2[C@H](C)CC23CCCCC3)cc1. The van der Waals surface area contributed by atoms with Gasteiger partial charge in [0.2, 0.25) is 0 Å². The van der Waals surface area contributed by atoms with Gasteiger partial charge < -0.3 is 4.74 Å². The van der Waals surface area contributed by atoms with Gasteiger partial charge >= 0.3 is 0 Å². The molecule has 0 saturated heterocycles. The highest BCUT2D eigenvalue weighted by atomic mass is 16.5. The van der Waals surface area contributed by atoms with Gasteiger partial charge in [-0.05, 0) is 49.3 Å². The lowest BCUT2D eigenvalue weighted by atomic mass is 9.54. The van der Waals surface area contributed by atoms with Crippen LogP contribution in [0.5, 0.6) is 5.75 Å². The van der Waals surface area contributed by atoms with Gasteiger partial charge in [0.25, 0.3) is 0 Å². The van der Waals surface area contributed by atoms with E-state index >= 15 is 0 Å². The molecule has 0 unspecified atom stereocenters. The van der Waals surface area contributed by atoms with Crippen LogP contribution in [0.1, 0.15) is 64.4 Å². The highest BCUT2D eigenvalue weighted by Gasteiger charge is 2.53. The molecule has 1 heteroatoms. The first-order valence-corrected chi connectivity index (χ1v) is 8.49. The van der Waals surface area contributed by atoms with E-state index in [9.17, 15) is 0 Å². The Kier molecular flexibility index (Phi) is 4.05. The van der Waals surface area contributed by atoms with Crippen LogP contribution in [0, 0.1) is 11.3 Å². The van der Waals surface area contributed by atoms with E-state index < -0.39 is 0 Å². The summed E-state index contributed by atoms with van der Waals surface area (Å²) < 4.78 is 6.39. The van der Waals surface area contributed by atoms with E-state index in [1.807, 2.05) is 0 Å². The molecule has 2 fully saturated rings. The molecule has 1 aromatic carbocycles. The summed E-state index contributed by atoms with van der Waals surface area (Å²) in [6.07, 6.45) is 11.2. The Morgan fingerprint density at radius 1 is 1.10 bits per heavy atom. The molecule has 1 nitrogen and oxygen atoms in total. The highest BCUT2D eigenvalue weighted by Crippen LogP contribution is 2.56. The molecule has 0 bridgehead atoms. The quantitative estimate of drug-likeness (QED) is 0.715. The molecule has 0 amide bonds. The number of aryl methyl sites for hydroxylation is 1. The van der Waals surface area contributed by atoms with E-state index in [4.69, 9.17) is 4.74 Å². The molecular formula is C19H28O. The van der Waals surface area contributed by atoms with Crippen LogP contribution in [0.15, 0.2) is 24.3 Å². The summed E-state index contributed by atoms with van der Waals surface area (Å²) in [5, 5.41) is 0. The Bertz CT molecular complexity index is 422. The van der Waals surface area contributed by atoms with E-state index in [0.29, 0.717) is 11.5 Å². The first kappa shape index (κ1) is 14.0. The lowest BCUT2D eigenvalue weighted by molar-refractivity contribution is -0.116. The summed E-state index contributed by atoms with van der Waals surface area (Å²) in [6.45, 7) is 4.59. The molecule has 2 saturated carbocycles. The van der Waals surface area contributed by atoms with Crippen LogP contribution in [0.2, 0.25) is 0 Å². The van der Waals surface area contributed by atoms with E-state index in [-0.39, 0.29) is 0 Å². The van der Waals surface area contributed by atoms with Gasteiger partial charge in [-0.15, -0.1) is 0 Å². The second-order valence-electron chi connectivity index (χ2n) is 7.04. The Morgan fingerprint density at radius 3 is 2.40 bits per heavy atom. The molecule has 1 spiro atoms. The fourth-order valence-electron chi connectivity index (χ4n) is 4.46. The van der Waals surface area contributed by atoms with Crippen molar-refractivity contribution in [3.63, 3.8) is 0 Å². The van der Waals surface area contributed by atoms with Gasteiger partial charge in [0, 0.05) is 5.41 Å². The number of hydrogen-bond acceptors (Lipinski definition) is 1. The normalized spacial score (nSPS) is 28.1. The van der Waals surface area contributed by atoms with Crippen molar-refractivity contribution in [1.29, 1.82) is 0 Å². The zero-order valence-electron chi connectivity index (χ0n) is 13.0. The van der Waals surface area contributed by atoms with E-state index in [1.165, 1.54) is 56.9 Å². The van der Waals surface area contributed by atoms with Crippen molar-refractivity contribution in [2.45, 2.75) is 71.3 Å². The summed E-state index contributed by atoms with van der Waals surface area (Å²) in [5.74, 6) is 1.80. The number of ether oxygens (including phenoxy) is 1. The molecule has 2 atom stereocenters. The summed E-state index contributed by atoms with van der Waals surface area (Å²) in [5.41, 5.74) is 1.94. The molecule has 0 N–H and O–H groups in total. The van der Waals surface area contributed by atoms with Crippen molar-refractivity contribution >= 4 is 0 Å². The highest BCUT2D eigenvalue weighted by molar-refractivity contribution is 5.28. The van der Waals surface area contributed by atoms with Gasteiger partial charge in [-0.25, -0.2) is 0 Å². The lowest BCUT2D eigenvalue weighted by Crippen LogP contribution is -2.55. The largest absolute Gasteiger partial charge is 0.490 e. The predicted molar refractivity (Wildman–Crippen MR) is 84.2 cm³/mol. The average Bonchev–Trinajstić information content (AvgIpc) is 2.48. The summed E-state index contributed by atoms with van der Waals surface area (Å²) in [6, 6.07) is 8.81. The molecule has 0 aliphatic heterocycles. The van der Waals surface area contributed by atoms with Gasteiger partial charge in [-0.1, -0.05) is 51.7 Å². The van der Waals surface area contributed by atoms with Crippen LogP contribution < -0.4 is 4.74 Å². The van der Waals surface area contributed by atoms with Crippen LogP contribution >= 0.6 is 0 Å². The molecular weight excluding hydrogens is 244 g/mol. The Morgan fingerprint density at radius 2 is 1.80 bits per heavy atom. The third kappa shape index (κ3) is 2.60. The van der Waals surface area contributed by atoms with Gasteiger partial charge in [0.15, 0.2) is 0 Å². The third-order valence-corrected chi connectivity index (χ3v) is 5.42. The molecule has 0 aromatic heterocycles. The average molecular weight is 272 g/mol. The van der Waals surface area contributed by atoms with E-state index in [0.717, 1.165) is 11.7 Å². The van der Waals surface area contributed by atoms with Gasteiger partial charge in [0.1, 0.15) is 11.9 Å². The topological polar surface area (TPSA) is 9.23 Å². The van der Waals surface area contributed by atoms with Crippen molar-refractivity contribution in [3.05, 3.63) is 29.8 Å². The minimum absolute atomic E-state index is 0.458. The zero-order chi connectivity index (χ0) is 14.0. The summed E-state index contributed by atoms with van der Waals surface area (Å²) in [7, 11) is 0. The molecule has 110 valence electrons. The van der Waals surface area contributed by atoms with Gasteiger partial charge in [-0.2, -0.15) is 0 Å². The van der Waals surface area contributed by atoms with Gasteiger partial charge in [-0.3, -0.25) is 0 Å². The molecule has 2 aliphatic rings. The second kappa shape index (κ2) is 5.79. The molecule has 1 aromatic rings. The second-order valence-corrected chi connectivity index (χ2v) is 7.04. The fourth-order valence-corrected chi connectivity index (χ4v) is 4.46. The van der Waals surface area contributed by atoms with Gasteiger partial charge in [0.05, 0.1) is 0 Å². The third-order valence-electron chi connectivity index (χ3n) is 5.42. The molecule has 0 heterocycles. The van der Waals surface area contributed by atoms with E-state index in [1.54, 1.807) is 0 Å². The summed E-state index contributed by atoms with van der Waals surface area (Å²) >= 11 is 0. The van der Waals surface area contributed by atoms with Crippen LogP contribution in [0.3, 0.4) is 0 Å². The maximum Gasteiger partial charge on any atom is 0.119 e. The zero-order valence-corrected chi connectivity index (χ0v) is 13.0. The Labute approximate surface area is 123 Å². The van der Waals surface area contributed by atoms with Crippen molar-refractivity contribution in [3.8, 4) is 5.75 Å². The predicted octanol–water partition coefficient (Wildman–Crippen LogP) is 5.38. The monoisotopic (exact) mass is 272 g/mol. The molecule has 0 radical (unpaired) electrons. The van der Waals surface area contributed by atoms with Crippen LogP contribution in [0.4, 0.5) is 0 Å².